The van der Waals surface area contributed by atoms with Crippen molar-refractivity contribution in [3.63, 3.8) is 0 Å². The average molecular weight is 433 g/mol. The minimum atomic E-state index is -3.67. The average Bonchev–Trinajstić information content (AvgIpc) is 3.28. The highest BCUT2D eigenvalue weighted by Gasteiger charge is 2.15. The summed E-state index contributed by atoms with van der Waals surface area (Å²) in [5.41, 5.74) is 0.968. The van der Waals surface area contributed by atoms with Crippen LogP contribution in [0.15, 0.2) is 47.5 Å². The first-order chi connectivity index (χ1) is 14.5. The third-order valence-electron chi connectivity index (χ3n) is 4.82. The van der Waals surface area contributed by atoms with Crippen LogP contribution in [-0.4, -0.2) is 45.6 Å². The van der Waals surface area contributed by atoms with Crippen LogP contribution < -0.4 is 19.7 Å². The van der Waals surface area contributed by atoms with E-state index in [-0.39, 0.29) is 23.8 Å². The van der Waals surface area contributed by atoms with Gasteiger partial charge < -0.3 is 15.0 Å². The van der Waals surface area contributed by atoms with Gasteiger partial charge in [-0.1, -0.05) is 0 Å². The predicted octanol–water partition coefficient (Wildman–Crippen LogP) is 2.07. The van der Waals surface area contributed by atoms with Crippen molar-refractivity contribution in [2.24, 2.45) is 0 Å². The maximum Gasteiger partial charge on any atom is 0.240 e. The van der Waals surface area contributed by atoms with Crippen molar-refractivity contribution >= 4 is 21.7 Å². The lowest BCUT2D eigenvalue weighted by atomic mass is 10.2. The van der Waals surface area contributed by atoms with Gasteiger partial charge in [0.1, 0.15) is 11.6 Å². The molecule has 2 N–H and O–H groups in total. The van der Waals surface area contributed by atoms with E-state index in [4.69, 9.17) is 4.74 Å². The van der Waals surface area contributed by atoms with Crippen molar-refractivity contribution in [2.45, 2.75) is 37.6 Å². The van der Waals surface area contributed by atoms with E-state index in [1.807, 2.05) is 19.1 Å². The number of hydrogen-bond acceptors (Lipinski definition) is 6. The lowest BCUT2D eigenvalue weighted by Gasteiger charge is -2.17. The second-order valence-corrected chi connectivity index (χ2v) is 8.81. The van der Waals surface area contributed by atoms with Crippen LogP contribution in [0, 0.1) is 0 Å². The molecule has 0 saturated carbocycles. The third-order valence-corrected chi connectivity index (χ3v) is 6.30. The van der Waals surface area contributed by atoms with Gasteiger partial charge >= 0.3 is 0 Å². The van der Waals surface area contributed by atoms with Crippen molar-refractivity contribution < 1.29 is 17.9 Å². The van der Waals surface area contributed by atoms with E-state index in [1.165, 1.54) is 25.0 Å². The lowest BCUT2D eigenvalue weighted by Crippen LogP contribution is -2.30. The standard InChI is InChI=1S/C21H28N4O4S/c1-2-29-18-5-7-19(8-6-18)30(27,28)24-12-10-21(26)23-16-17-9-11-22-20(15-17)25-13-3-4-14-25/h5-9,11,15,24H,2-4,10,12-14,16H2,1H3,(H,23,26). The van der Waals surface area contributed by atoms with Gasteiger partial charge in [-0.05, 0) is 61.7 Å². The Morgan fingerprint density at radius 3 is 2.60 bits per heavy atom. The Kier molecular flexibility index (Phi) is 7.64. The summed E-state index contributed by atoms with van der Waals surface area (Å²) in [7, 11) is -3.67. The van der Waals surface area contributed by atoms with Crippen molar-refractivity contribution in [1.29, 1.82) is 0 Å². The molecule has 1 aliphatic heterocycles. The van der Waals surface area contributed by atoms with Crippen LogP contribution in [0.5, 0.6) is 5.75 Å². The number of hydrogen-bond donors (Lipinski definition) is 2. The van der Waals surface area contributed by atoms with E-state index in [0.29, 0.717) is 18.9 Å². The summed E-state index contributed by atoms with van der Waals surface area (Å²) in [4.78, 5) is 18.9. The molecule has 1 fully saturated rings. The monoisotopic (exact) mass is 432 g/mol. The molecule has 1 saturated heterocycles. The van der Waals surface area contributed by atoms with Crippen LogP contribution in [0.1, 0.15) is 31.7 Å². The Morgan fingerprint density at radius 2 is 1.90 bits per heavy atom. The number of amides is 1. The first-order valence-corrected chi connectivity index (χ1v) is 11.7. The van der Waals surface area contributed by atoms with Gasteiger partial charge in [0.25, 0.3) is 0 Å². The summed E-state index contributed by atoms with van der Waals surface area (Å²) in [5.74, 6) is 1.33. The molecule has 3 rings (SSSR count). The van der Waals surface area contributed by atoms with Crippen LogP contribution in [0.3, 0.4) is 0 Å². The van der Waals surface area contributed by atoms with Crippen LogP contribution in [-0.2, 0) is 21.4 Å². The molecule has 1 aromatic carbocycles. The number of nitrogens with one attached hydrogen (secondary N) is 2. The van der Waals surface area contributed by atoms with Crippen LogP contribution >= 0.6 is 0 Å². The highest BCUT2D eigenvalue weighted by atomic mass is 32.2. The van der Waals surface area contributed by atoms with Crippen LogP contribution in [0.2, 0.25) is 0 Å². The SMILES string of the molecule is CCOc1ccc(S(=O)(=O)NCCC(=O)NCc2ccnc(N3CCCC3)c2)cc1. The van der Waals surface area contributed by atoms with Gasteiger partial charge in [-0.2, -0.15) is 0 Å². The molecule has 0 aliphatic carbocycles. The van der Waals surface area contributed by atoms with E-state index in [1.54, 1.807) is 18.3 Å². The molecule has 30 heavy (non-hydrogen) atoms. The first-order valence-electron chi connectivity index (χ1n) is 10.2. The molecule has 0 unspecified atom stereocenters. The number of carbonyl (C=O) groups is 1. The topological polar surface area (TPSA) is 101 Å². The second kappa shape index (κ2) is 10.4. The van der Waals surface area contributed by atoms with Gasteiger partial charge in [0, 0.05) is 38.8 Å². The summed E-state index contributed by atoms with van der Waals surface area (Å²) in [5, 5.41) is 2.83. The minimum Gasteiger partial charge on any atom is -0.494 e. The number of carbonyl (C=O) groups excluding carboxylic acids is 1. The molecule has 1 amide bonds. The number of pyridine rings is 1. The predicted molar refractivity (Wildman–Crippen MR) is 115 cm³/mol. The molecule has 0 bridgehead atoms. The molecule has 2 heterocycles. The molecule has 1 aromatic heterocycles. The third kappa shape index (κ3) is 6.17. The van der Waals surface area contributed by atoms with Gasteiger partial charge in [0.05, 0.1) is 11.5 Å². The fourth-order valence-electron chi connectivity index (χ4n) is 3.24. The molecule has 0 spiro atoms. The molecule has 8 nitrogen and oxygen atoms in total. The molecule has 0 atom stereocenters. The Labute approximate surface area is 177 Å². The Hall–Kier alpha value is -2.65. The second-order valence-electron chi connectivity index (χ2n) is 7.05. The van der Waals surface area contributed by atoms with E-state index in [9.17, 15) is 13.2 Å². The molecule has 1 aliphatic rings. The summed E-state index contributed by atoms with van der Waals surface area (Å²) in [6, 6.07) is 10.0. The molecular weight excluding hydrogens is 404 g/mol. The van der Waals surface area contributed by atoms with Gasteiger partial charge in [-0.3, -0.25) is 4.79 Å². The zero-order chi connectivity index (χ0) is 21.4. The maximum atomic E-state index is 12.3. The number of sulfonamides is 1. The quantitative estimate of drug-likeness (QED) is 0.596. The van der Waals surface area contributed by atoms with Gasteiger partial charge in [0.2, 0.25) is 15.9 Å². The van der Waals surface area contributed by atoms with E-state index >= 15 is 0 Å². The Balaban J connectivity index is 1.44. The molecule has 9 heteroatoms. The van der Waals surface area contributed by atoms with E-state index in [0.717, 1.165) is 24.5 Å². The van der Waals surface area contributed by atoms with E-state index < -0.39 is 10.0 Å². The zero-order valence-electron chi connectivity index (χ0n) is 17.1. The smallest absolute Gasteiger partial charge is 0.240 e. The van der Waals surface area contributed by atoms with Crippen molar-refractivity contribution in [2.75, 3.05) is 31.1 Å². The summed E-state index contributed by atoms with van der Waals surface area (Å²) in [6.07, 6.45) is 4.16. The van der Waals surface area contributed by atoms with Crippen molar-refractivity contribution in [3.05, 3.63) is 48.2 Å². The van der Waals surface area contributed by atoms with E-state index in [2.05, 4.69) is 19.9 Å². The number of rotatable bonds is 10. The Morgan fingerprint density at radius 1 is 1.17 bits per heavy atom. The first kappa shape index (κ1) is 22.0. The number of anilines is 1. The highest BCUT2D eigenvalue weighted by molar-refractivity contribution is 7.89. The maximum absolute atomic E-state index is 12.3. The van der Waals surface area contributed by atoms with Gasteiger partial charge in [0.15, 0.2) is 0 Å². The van der Waals surface area contributed by atoms with Crippen molar-refractivity contribution in [3.8, 4) is 5.75 Å². The number of nitrogens with zero attached hydrogens (tertiary/aromatic N) is 2. The van der Waals surface area contributed by atoms with Gasteiger partial charge in [-0.15, -0.1) is 0 Å². The molecule has 2 aromatic rings. The molecule has 0 radical (unpaired) electrons. The summed E-state index contributed by atoms with van der Waals surface area (Å²) >= 11 is 0. The fourth-order valence-corrected chi connectivity index (χ4v) is 4.27. The Bertz CT molecular complexity index is 942. The molecular formula is C21H28N4O4S. The fraction of sp³-hybridized carbons (Fsp3) is 0.429. The number of ether oxygens (including phenoxy) is 1. The highest BCUT2D eigenvalue weighted by Crippen LogP contribution is 2.18. The summed E-state index contributed by atoms with van der Waals surface area (Å²) in [6.45, 7) is 4.80. The summed E-state index contributed by atoms with van der Waals surface area (Å²) < 4.78 is 32.4. The van der Waals surface area contributed by atoms with Crippen LogP contribution in [0.4, 0.5) is 5.82 Å². The number of benzene rings is 1. The van der Waals surface area contributed by atoms with Crippen molar-refractivity contribution in [1.82, 2.24) is 15.0 Å². The molecule has 162 valence electrons. The van der Waals surface area contributed by atoms with Gasteiger partial charge in [-0.25, -0.2) is 18.1 Å². The zero-order valence-corrected chi connectivity index (χ0v) is 18.0. The normalized spacial score (nSPS) is 14.0. The largest absolute Gasteiger partial charge is 0.494 e. The van der Waals surface area contributed by atoms with Crippen LogP contribution in [0.25, 0.3) is 0 Å². The minimum absolute atomic E-state index is 0.0246. The number of aromatic nitrogens is 1. The lowest BCUT2D eigenvalue weighted by molar-refractivity contribution is -0.121.